The first kappa shape index (κ1) is 19.3. The van der Waals surface area contributed by atoms with Crippen molar-refractivity contribution in [3.63, 3.8) is 0 Å². The fourth-order valence-corrected chi connectivity index (χ4v) is 4.59. The van der Waals surface area contributed by atoms with Gasteiger partial charge in [-0.2, -0.15) is 0 Å². The van der Waals surface area contributed by atoms with Crippen molar-refractivity contribution in [1.82, 2.24) is 4.90 Å². The maximum Gasteiger partial charge on any atom is 0.339 e. The predicted octanol–water partition coefficient (Wildman–Crippen LogP) is 5.10. The van der Waals surface area contributed by atoms with Crippen molar-refractivity contribution in [2.45, 2.75) is 13.5 Å². The summed E-state index contributed by atoms with van der Waals surface area (Å²) in [5.74, 6) is 0.475. The summed E-state index contributed by atoms with van der Waals surface area (Å²) in [5, 5.41) is 1.38. The number of halogens is 2. The van der Waals surface area contributed by atoms with Crippen LogP contribution in [0, 0.1) is 6.92 Å². The second kappa shape index (κ2) is 8.03. The number of ether oxygens (including phenoxy) is 2. The number of hydrogen-bond acceptors (Lipinski definition) is 5. The Morgan fingerprint density at radius 3 is 2.88 bits per heavy atom. The molecule has 0 fully saturated rings. The highest BCUT2D eigenvalue weighted by Crippen LogP contribution is 2.43. The quantitative estimate of drug-likeness (QED) is 0.463. The molecule has 138 valence electrons. The molecule has 1 aromatic heterocycles. The third kappa shape index (κ3) is 3.63. The third-order valence-corrected chi connectivity index (χ3v) is 5.88. The van der Waals surface area contributed by atoms with Crippen molar-refractivity contribution in [1.29, 1.82) is 0 Å². The lowest BCUT2D eigenvalue weighted by molar-refractivity contribution is 0.0598. The maximum atomic E-state index is 12.3. The van der Waals surface area contributed by atoms with E-state index in [0.717, 1.165) is 37.5 Å². The number of carbonyl (C=O) groups is 1. The van der Waals surface area contributed by atoms with Gasteiger partial charge >= 0.3 is 5.97 Å². The van der Waals surface area contributed by atoms with E-state index in [-0.39, 0.29) is 5.97 Å². The Labute approximate surface area is 170 Å². The van der Waals surface area contributed by atoms with Crippen LogP contribution in [0.5, 0.6) is 5.75 Å². The minimum Gasteiger partial charge on any atom is -0.492 e. The maximum absolute atomic E-state index is 12.3. The highest BCUT2D eigenvalue weighted by Gasteiger charge is 2.29. The van der Waals surface area contributed by atoms with Crippen molar-refractivity contribution >= 4 is 50.4 Å². The van der Waals surface area contributed by atoms with Gasteiger partial charge in [-0.3, -0.25) is 0 Å². The van der Waals surface area contributed by atoms with Crippen molar-refractivity contribution < 1.29 is 14.3 Å². The summed E-state index contributed by atoms with van der Waals surface area (Å²) < 4.78 is 10.9. The van der Waals surface area contributed by atoms with Crippen molar-refractivity contribution in [3.8, 4) is 5.75 Å². The molecule has 0 unspecified atom stereocenters. The average molecular weight is 457 g/mol. The molecule has 26 heavy (non-hydrogen) atoms. The van der Waals surface area contributed by atoms with E-state index in [0.29, 0.717) is 23.7 Å². The summed E-state index contributed by atoms with van der Waals surface area (Å²) >= 11 is 11.3. The molecule has 0 aliphatic carbocycles. The normalized spacial score (nSPS) is 13.3. The average Bonchev–Trinajstić information content (AvgIpc) is 2.95. The number of rotatable bonds is 5. The van der Waals surface area contributed by atoms with Crippen LogP contribution in [0.2, 0.25) is 5.02 Å². The third-order valence-electron chi connectivity index (χ3n) is 4.14. The predicted molar refractivity (Wildman–Crippen MR) is 110 cm³/mol. The molecule has 0 bridgehead atoms. The van der Waals surface area contributed by atoms with Crippen molar-refractivity contribution in [2.75, 3.05) is 26.1 Å². The second-order valence-corrected chi connectivity index (χ2v) is 8.42. The number of nitrogens with zero attached hydrogens (tertiary/aromatic N) is 1. The molecule has 0 amide bonds. The van der Waals surface area contributed by atoms with Gasteiger partial charge in [-0.05, 0) is 25.1 Å². The van der Waals surface area contributed by atoms with Gasteiger partial charge in [0.2, 0.25) is 0 Å². The summed E-state index contributed by atoms with van der Waals surface area (Å²) in [6.45, 7) is 3.17. The zero-order valence-corrected chi connectivity index (χ0v) is 17.9. The van der Waals surface area contributed by atoms with Gasteiger partial charge < -0.3 is 14.4 Å². The van der Waals surface area contributed by atoms with E-state index in [1.54, 1.807) is 11.3 Å². The zero-order chi connectivity index (χ0) is 18.8. The summed E-state index contributed by atoms with van der Waals surface area (Å²) in [6.07, 6.45) is 2.08. The van der Waals surface area contributed by atoms with E-state index >= 15 is 0 Å². The van der Waals surface area contributed by atoms with Crippen LogP contribution in [-0.2, 0) is 11.3 Å². The molecule has 0 atom stereocenters. The van der Waals surface area contributed by atoms with Gasteiger partial charge in [-0.25, -0.2) is 4.79 Å². The highest BCUT2D eigenvalue weighted by atomic mass is 79.9. The number of thiophene rings is 1. The molecule has 1 aliphatic heterocycles. The van der Waals surface area contributed by atoms with Crippen LogP contribution in [0.25, 0.3) is 5.57 Å². The fraction of sp³-hybridized carbons (Fsp3) is 0.316. The van der Waals surface area contributed by atoms with Gasteiger partial charge in [0.1, 0.15) is 5.75 Å². The van der Waals surface area contributed by atoms with Crippen LogP contribution in [0.15, 0.2) is 24.4 Å². The van der Waals surface area contributed by atoms with Crippen LogP contribution >= 0.6 is 38.9 Å². The molecule has 0 N–H and O–H groups in total. The van der Waals surface area contributed by atoms with E-state index in [4.69, 9.17) is 21.1 Å². The Kier molecular flexibility index (Phi) is 5.95. The zero-order valence-electron chi connectivity index (χ0n) is 14.8. The van der Waals surface area contributed by atoms with Gasteiger partial charge in [0, 0.05) is 56.6 Å². The molecule has 0 radical (unpaired) electrons. The van der Waals surface area contributed by atoms with Crippen LogP contribution in [-0.4, -0.2) is 37.0 Å². The smallest absolute Gasteiger partial charge is 0.339 e. The van der Waals surface area contributed by atoms with Crippen LogP contribution in [0.1, 0.15) is 31.2 Å². The van der Waals surface area contributed by atoms with E-state index in [9.17, 15) is 4.79 Å². The number of hydrogen-bond donors (Lipinski definition) is 0. The lowest BCUT2D eigenvalue weighted by Crippen LogP contribution is -2.19. The first-order chi connectivity index (χ1) is 12.5. The Bertz CT molecular complexity index is 878. The minimum absolute atomic E-state index is 0.295. The summed E-state index contributed by atoms with van der Waals surface area (Å²) in [4.78, 5) is 16.3. The largest absolute Gasteiger partial charge is 0.492 e. The van der Waals surface area contributed by atoms with Crippen molar-refractivity contribution in [3.05, 3.63) is 55.9 Å². The monoisotopic (exact) mass is 455 g/mol. The molecule has 4 nitrogen and oxygen atoms in total. The van der Waals surface area contributed by atoms with E-state index < -0.39 is 0 Å². The van der Waals surface area contributed by atoms with E-state index in [1.165, 1.54) is 7.11 Å². The molecular formula is C19H19BrClNO3S. The number of carbonyl (C=O) groups excluding carboxylic acids is 1. The molecule has 0 saturated heterocycles. The summed E-state index contributed by atoms with van der Waals surface area (Å²) in [6, 6.07) is 5.62. The Morgan fingerprint density at radius 1 is 1.42 bits per heavy atom. The summed E-state index contributed by atoms with van der Waals surface area (Å²) in [5.41, 5.74) is 3.58. The molecule has 2 heterocycles. The van der Waals surface area contributed by atoms with Crippen LogP contribution < -0.4 is 4.74 Å². The van der Waals surface area contributed by atoms with Gasteiger partial charge in [0.15, 0.2) is 0 Å². The van der Waals surface area contributed by atoms with E-state index in [1.807, 2.05) is 32.2 Å². The Morgan fingerprint density at radius 2 is 2.19 bits per heavy atom. The lowest BCUT2D eigenvalue weighted by Gasteiger charge is -2.25. The van der Waals surface area contributed by atoms with Gasteiger partial charge in [-0.1, -0.05) is 27.5 Å². The number of alkyl halides is 1. The van der Waals surface area contributed by atoms with Crippen molar-refractivity contribution in [2.24, 2.45) is 0 Å². The topological polar surface area (TPSA) is 38.8 Å². The summed E-state index contributed by atoms with van der Waals surface area (Å²) in [7, 11) is 3.40. The van der Waals surface area contributed by atoms with Gasteiger partial charge in [-0.15, -0.1) is 11.3 Å². The number of esters is 1. The first-order valence-corrected chi connectivity index (χ1v) is 10.4. The lowest BCUT2D eigenvalue weighted by atomic mass is 9.96. The molecule has 1 aliphatic rings. The Balaban J connectivity index is 2.16. The number of benzene rings is 1. The second-order valence-electron chi connectivity index (χ2n) is 5.97. The number of methoxy groups -OCH3 is 1. The van der Waals surface area contributed by atoms with E-state index in [2.05, 4.69) is 27.0 Å². The Hall–Kier alpha value is -1.50. The molecule has 7 heteroatoms. The number of fused-ring (bicyclic) bond motifs is 1. The van der Waals surface area contributed by atoms with Crippen LogP contribution in [0.4, 0.5) is 0 Å². The fourth-order valence-electron chi connectivity index (χ4n) is 3.08. The molecule has 2 aromatic rings. The van der Waals surface area contributed by atoms with Crippen LogP contribution in [0.3, 0.4) is 0 Å². The minimum atomic E-state index is -0.295. The molecule has 1 aromatic carbocycles. The molecule has 0 spiro atoms. The first-order valence-electron chi connectivity index (χ1n) is 8.08. The molecule has 0 saturated carbocycles. The standard InChI is InChI=1S/C19H19BrClNO3S/c1-11-17(19(23)24-3)15-10-22(2)9-14(18(15)26-11)13-8-12(21)4-5-16(13)25-7-6-20/h4-5,8-9H,6-7,10H2,1-3H3. The SMILES string of the molecule is COC(=O)c1c(C)sc2c1CN(C)C=C2c1cc(Cl)ccc1OCCBr. The molecular weight excluding hydrogens is 438 g/mol. The molecule has 3 rings (SSSR count). The van der Waals surface area contributed by atoms with Gasteiger partial charge in [0.25, 0.3) is 0 Å². The number of aryl methyl sites for hydroxylation is 1. The highest BCUT2D eigenvalue weighted by molar-refractivity contribution is 9.09. The van der Waals surface area contributed by atoms with Gasteiger partial charge in [0.05, 0.1) is 19.3 Å².